The molecule has 22 heavy (non-hydrogen) atoms. The van der Waals surface area contributed by atoms with E-state index in [2.05, 4.69) is 38.0 Å². The highest BCUT2D eigenvalue weighted by molar-refractivity contribution is 8.00. The van der Waals surface area contributed by atoms with E-state index in [0.29, 0.717) is 10.6 Å². The normalized spacial score (nSPS) is 11.1. The van der Waals surface area contributed by atoms with Crippen LogP contribution in [-0.4, -0.2) is 17.7 Å². The lowest BCUT2D eigenvalue weighted by molar-refractivity contribution is 0.0963. The zero-order chi connectivity index (χ0) is 16.8. The lowest BCUT2D eigenvalue weighted by atomic mass is 10.1. The molecule has 122 valence electrons. The minimum atomic E-state index is -0.167. The maximum atomic E-state index is 12.1. The number of anilines is 1. The summed E-state index contributed by atoms with van der Waals surface area (Å²) in [5.41, 5.74) is 1.29. The van der Waals surface area contributed by atoms with Crippen molar-refractivity contribution in [1.29, 1.82) is 0 Å². The molecule has 0 saturated carbocycles. The first-order valence-electron chi connectivity index (χ1n) is 7.46. The van der Waals surface area contributed by atoms with Gasteiger partial charge in [0.2, 0.25) is 0 Å². The summed E-state index contributed by atoms with van der Waals surface area (Å²) < 4.78 is 0.0677. The van der Waals surface area contributed by atoms with Crippen LogP contribution in [0.3, 0.4) is 0 Å². The van der Waals surface area contributed by atoms with Crippen molar-refractivity contribution >= 4 is 35.0 Å². The summed E-state index contributed by atoms with van der Waals surface area (Å²) in [6.45, 7) is 10.3. The summed E-state index contributed by atoms with van der Waals surface area (Å²) in [5.74, 6) is -0.167. The molecule has 0 aromatic heterocycles. The monoisotopic (exact) mass is 340 g/mol. The Kier molecular flexibility index (Phi) is 7.30. The Morgan fingerprint density at radius 1 is 1.45 bits per heavy atom. The Hall–Kier alpha value is -1.13. The smallest absolute Gasteiger partial charge is 0.253 e. The van der Waals surface area contributed by atoms with Gasteiger partial charge in [0.15, 0.2) is 0 Å². The van der Waals surface area contributed by atoms with Gasteiger partial charge in [-0.15, -0.1) is 11.8 Å². The van der Waals surface area contributed by atoms with Crippen molar-refractivity contribution in [3.63, 3.8) is 0 Å². The predicted octanol–water partition coefficient (Wildman–Crippen LogP) is 5.32. The van der Waals surface area contributed by atoms with Crippen LogP contribution in [0.25, 0.3) is 0 Å². The molecule has 0 aliphatic carbocycles. The number of halogens is 1. The van der Waals surface area contributed by atoms with Crippen LogP contribution in [0.15, 0.2) is 29.8 Å². The van der Waals surface area contributed by atoms with Crippen LogP contribution in [0, 0.1) is 0 Å². The van der Waals surface area contributed by atoms with Crippen molar-refractivity contribution in [3.05, 3.63) is 35.5 Å². The Morgan fingerprint density at radius 3 is 2.68 bits per heavy atom. The number of benzene rings is 1. The van der Waals surface area contributed by atoms with E-state index < -0.39 is 0 Å². The number of carbonyl (C=O) groups excluding carboxylic acids is 1. The van der Waals surface area contributed by atoms with Gasteiger partial charge in [0, 0.05) is 21.7 Å². The Balaban J connectivity index is 3.24. The molecular formula is C17H25ClN2OS. The van der Waals surface area contributed by atoms with Gasteiger partial charge >= 0.3 is 0 Å². The second kappa shape index (κ2) is 8.49. The predicted molar refractivity (Wildman–Crippen MR) is 98.1 cm³/mol. The van der Waals surface area contributed by atoms with Gasteiger partial charge in [0.1, 0.15) is 0 Å². The van der Waals surface area contributed by atoms with Gasteiger partial charge in [0.05, 0.1) is 11.3 Å². The number of hydrogen-bond donors (Lipinski definition) is 2. The van der Waals surface area contributed by atoms with Gasteiger partial charge in [-0.2, -0.15) is 0 Å². The average Bonchev–Trinajstić information content (AvgIpc) is 2.46. The molecule has 0 aliphatic heterocycles. The zero-order valence-electron chi connectivity index (χ0n) is 13.8. The largest absolute Gasteiger partial charge is 0.361 e. The molecule has 0 saturated heterocycles. The summed E-state index contributed by atoms with van der Waals surface area (Å²) in [6.07, 6.45) is 5.02. The highest BCUT2D eigenvalue weighted by Crippen LogP contribution is 2.42. The van der Waals surface area contributed by atoms with Crippen LogP contribution in [0.2, 0.25) is 5.02 Å². The van der Waals surface area contributed by atoms with E-state index in [0.717, 1.165) is 17.0 Å². The molecular weight excluding hydrogens is 316 g/mol. The molecule has 0 atom stereocenters. The molecule has 2 N–H and O–H groups in total. The third kappa shape index (κ3) is 5.25. The highest BCUT2D eigenvalue weighted by atomic mass is 35.5. The van der Waals surface area contributed by atoms with Crippen molar-refractivity contribution in [3.8, 4) is 0 Å². The lowest BCUT2D eigenvalue weighted by Gasteiger charge is -2.26. The molecule has 0 bridgehead atoms. The fourth-order valence-corrected chi connectivity index (χ4v) is 3.76. The van der Waals surface area contributed by atoms with Gasteiger partial charge in [-0.05, 0) is 24.8 Å². The number of nitrogens with one attached hydrogen (secondary N) is 2. The molecule has 1 rings (SSSR count). The molecule has 0 fully saturated rings. The molecule has 0 spiro atoms. The minimum Gasteiger partial charge on any atom is -0.361 e. The second-order valence-corrected chi connectivity index (χ2v) is 7.90. The van der Waals surface area contributed by atoms with Crippen LogP contribution < -0.4 is 10.6 Å². The second-order valence-electron chi connectivity index (χ2n) is 5.72. The maximum Gasteiger partial charge on any atom is 0.253 e. The summed E-state index contributed by atoms with van der Waals surface area (Å²) >= 11 is 7.94. The van der Waals surface area contributed by atoms with Crippen LogP contribution in [0.1, 0.15) is 50.4 Å². The van der Waals surface area contributed by atoms with Gasteiger partial charge in [0.25, 0.3) is 5.91 Å². The molecule has 1 aromatic rings. The Labute approximate surface area is 142 Å². The Bertz CT molecular complexity index is 544. The van der Waals surface area contributed by atoms with Gasteiger partial charge in [-0.3, -0.25) is 4.79 Å². The number of unbranched alkanes of at least 4 members (excludes halogenated alkanes) is 1. The standard InChI is InChI=1S/C17H25ClN2OS/c1-6-8-9-17(3,4)22-14-11-12(18)10-13(16(21)19-5)15(14)20-7-2/h7,10-11,20H,2,6,8-9H2,1,3-5H3,(H,19,21). The Morgan fingerprint density at radius 2 is 2.14 bits per heavy atom. The van der Waals surface area contributed by atoms with E-state index in [-0.39, 0.29) is 10.7 Å². The topological polar surface area (TPSA) is 41.1 Å². The molecule has 5 heteroatoms. The van der Waals surface area contributed by atoms with Crippen LogP contribution >= 0.6 is 23.4 Å². The summed E-state index contributed by atoms with van der Waals surface area (Å²) in [5, 5.41) is 6.30. The molecule has 0 aliphatic rings. The quantitative estimate of drug-likeness (QED) is 0.629. The van der Waals surface area contributed by atoms with E-state index in [9.17, 15) is 4.79 Å². The molecule has 1 amide bonds. The fraction of sp³-hybridized carbons (Fsp3) is 0.471. The molecule has 0 heterocycles. The first-order valence-corrected chi connectivity index (χ1v) is 8.66. The summed E-state index contributed by atoms with van der Waals surface area (Å²) in [4.78, 5) is 13.1. The van der Waals surface area contributed by atoms with E-state index in [1.807, 2.05) is 6.07 Å². The number of amides is 1. The number of carbonyl (C=O) groups is 1. The average molecular weight is 341 g/mol. The lowest BCUT2D eigenvalue weighted by Crippen LogP contribution is -2.20. The first kappa shape index (κ1) is 18.9. The molecule has 0 unspecified atom stereocenters. The van der Waals surface area contributed by atoms with Gasteiger partial charge < -0.3 is 10.6 Å². The molecule has 0 radical (unpaired) electrons. The van der Waals surface area contributed by atoms with Crippen molar-refractivity contribution in [2.45, 2.75) is 49.7 Å². The SMILES string of the molecule is C=CNc1c(SC(C)(C)CCCC)cc(Cl)cc1C(=O)NC. The summed E-state index contributed by atoms with van der Waals surface area (Å²) in [6, 6.07) is 3.58. The minimum absolute atomic E-state index is 0.0677. The van der Waals surface area contributed by atoms with Crippen LogP contribution in [0.4, 0.5) is 5.69 Å². The summed E-state index contributed by atoms with van der Waals surface area (Å²) in [7, 11) is 1.61. The van der Waals surface area contributed by atoms with Crippen molar-refractivity contribution in [2.75, 3.05) is 12.4 Å². The third-order valence-corrected chi connectivity index (χ3v) is 4.82. The highest BCUT2D eigenvalue weighted by Gasteiger charge is 2.23. The van der Waals surface area contributed by atoms with Gasteiger partial charge in [-0.25, -0.2) is 0 Å². The fourth-order valence-electron chi connectivity index (χ4n) is 2.18. The molecule has 3 nitrogen and oxygen atoms in total. The zero-order valence-corrected chi connectivity index (χ0v) is 15.3. The third-order valence-electron chi connectivity index (χ3n) is 3.30. The number of rotatable bonds is 8. The van der Waals surface area contributed by atoms with Crippen LogP contribution in [0.5, 0.6) is 0 Å². The van der Waals surface area contributed by atoms with E-state index in [4.69, 9.17) is 11.6 Å². The number of hydrogen-bond acceptors (Lipinski definition) is 3. The van der Waals surface area contributed by atoms with E-state index >= 15 is 0 Å². The van der Waals surface area contributed by atoms with Crippen molar-refractivity contribution in [2.24, 2.45) is 0 Å². The van der Waals surface area contributed by atoms with E-state index in [1.165, 1.54) is 12.8 Å². The van der Waals surface area contributed by atoms with Gasteiger partial charge in [-0.1, -0.05) is 51.8 Å². The maximum absolute atomic E-state index is 12.1. The number of thioether (sulfide) groups is 1. The first-order chi connectivity index (χ1) is 10.3. The molecule has 1 aromatic carbocycles. The van der Waals surface area contributed by atoms with E-state index in [1.54, 1.807) is 31.1 Å². The van der Waals surface area contributed by atoms with Crippen molar-refractivity contribution in [1.82, 2.24) is 5.32 Å². The van der Waals surface area contributed by atoms with Crippen molar-refractivity contribution < 1.29 is 4.79 Å². The van der Waals surface area contributed by atoms with Crippen LogP contribution in [-0.2, 0) is 0 Å².